The molecule has 0 N–H and O–H groups in total. The smallest absolute Gasteiger partial charge is 0.260 e. The highest BCUT2D eigenvalue weighted by molar-refractivity contribution is 5.77. The second-order valence-electron chi connectivity index (χ2n) is 5.37. The molecule has 24 heavy (non-hydrogen) atoms. The van der Waals surface area contributed by atoms with Gasteiger partial charge < -0.3 is 14.4 Å². The number of likely N-dealkylation sites (N-methyl/N-ethyl adjacent to an activating group) is 1. The van der Waals surface area contributed by atoms with Crippen molar-refractivity contribution in [2.45, 2.75) is 6.92 Å². The number of rotatable bonds is 7. The van der Waals surface area contributed by atoms with E-state index in [2.05, 4.69) is 0 Å². The van der Waals surface area contributed by atoms with Gasteiger partial charge in [0.1, 0.15) is 24.2 Å². The SMILES string of the molecule is Cc1ccc(OCCN(C)C(=O)COc2ccccc2C#N)cc1. The van der Waals surface area contributed by atoms with E-state index in [9.17, 15) is 4.79 Å². The fourth-order valence-corrected chi connectivity index (χ4v) is 1.99. The van der Waals surface area contributed by atoms with Crippen LogP contribution in [0.3, 0.4) is 0 Å². The van der Waals surface area contributed by atoms with Gasteiger partial charge in [0.05, 0.1) is 12.1 Å². The number of para-hydroxylation sites is 1. The summed E-state index contributed by atoms with van der Waals surface area (Å²) in [5.41, 5.74) is 1.58. The number of nitriles is 1. The Morgan fingerprint density at radius 3 is 2.54 bits per heavy atom. The third kappa shape index (κ3) is 5.03. The van der Waals surface area contributed by atoms with Crippen LogP contribution in [0.1, 0.15) is 11.1 Å². The summed E-state index contributed by atoms with van der Waals surface area (Å²) in [6.07, 6.45) is 0. The highest BCUT2D eigenvalue weighted by Crippen LogP contribution is 2.16. The lowest BCUT2D eigenvalue weighted by atomic mass is 10.2. The minimum atomic E-state index is -0.171. The first-order valence-corrected chi connectivity index (χ1v) is 7.65. The summed E-state index contributed by atoms with van der Waals surface area (Å²) in [7, 11) is 1.69. The third-order valence-corrected chi connectivity index (χ3v) is 3.50. The van der Waals surface area contributed by atoms with E-state index in [-0.39, 0.29) is 12.5 Å². The number of carbonyl (C=O) groups is 1. The number of hydrogen-bond acceptors (Lipinski definition) is 4. The maximum Gasteiger partial charge on any atom is 0.260 e. The first kappa shape index (κ1) is 17.4. The van der Waals surface area contributed by atoms with Gasteiger partial charge >= 0.3 is 0 Å². The van der Waals surface area contributed by atoms with Crippen molar-refractivity contribution in [2.75, 3.05) is 26.8 Å². The molecule has 2 rings (SSSR count). The molecule has 0 aliphatic rings. The highest BCUT2D eigenvalue weighted by Gasteiger charge is 2.11. The first-order chi connectivity index (χ1) is 11.6. The molecular formula is C19H20N2O3. The van der Waals surface area contributed by atoms with Gasteiger partial charge in [0, 0.05) is 7.05 Å². The molecule has 0 bridgehead atoms. The average Bonchev–Trinajstić information content (AvgIpc) is 2.61. The zero-order valence-electron chi connectivity index (χ0n) is 13.9. The van der Waals surface area contributed by atoms with Crippen molar-refractivity contribution in [3.63, 3.8) is 0 Å². The van der Waals surface area contributed by atoms with Crippen LogP contribution < -0.4 is 9.47 Å². The Labute approximate surface area is 142 Å². The quantitative estimate of drug-likeness (QED) is 0.785. The van der Waals surface area contributed by atoms with Gasteiger partial charge in [-0.15, -0.1) is 0 Å². The predicted octanol–water partition coefficient (Wildman–Crippen LogP) is 2.78. The highest BCUT2D eigenvalue weighted by atomic mass is 16.5. The van der Waals surface area contributed by atoms with Gasteiger partial charge in [0.2, 0.25) is 0 Å². The molecule has 0 aliphatic carbocycles. The number of aryl methyl sites for hydroxylation is 1. The Morgan fingerprint density at radius 1 is 1.12 bits per heavy atom. The van der Waals surface area contributed by atoms with Crippen molar-refractivity contribution < 1.29 is 14.3 Å². The molecule has 0 saturated carbocycles. The average molecular weight is 324 g/mol. The number of hydrogen-bond donors (Lipinski definition) is 0. The Bertz CT molecular complexity index is 720. The molecule has 0 atom stereocenters. The first-order valence-electron chi connectivity index (χ1n) is 7.65. The number of nitrogens with zero attached hydrogens (tertiary/aromatic N) is 2. The van der Waals surface area contributed by atoms with Crippen molar-refractivity contribution in [2.24, 2.45) is 0 Å². The van der Waals surface area contributed by atoms with Gasteiger partial charge in [-0.3, -0.25) is 4.79 Å². The van der Waals surface area contributed by atoms with Crippen LogP contribution in [0, 0.1) is 18.3 Å². The standard InChI is InChI=1S/C19H20N2O3/c1-15-7-9-17(10-8-15)23-12-11-21(2)19(22)14-24-18-6-4-3-5-16(18)13-20/h3-10H,11-12,14H2,1-2H3. The maximum absolute atomic E-state index is 12.1. The van der Waals surface area contributed by atoms with E-state index >= 15 is 0 Å². The summed E-state index contributed by atoms with van der Waals surface area (Å²) in [4.78, 5) is 13.6. The van der Waals surface area contributed by atoms with E-state index in [0.29, 0.717) is 24.5 Å². The molecule has 0 aliphatic heterocycles. The minimum Gasteiger partial charge on any atom is -0.492 e. The van der Waals surface area contributed by atoms with Gasteiger partial charge in [-0.2, -0.15) is 5.26 Å². The Morgan fingerprint density at radius 2 is 1.83 bits per heavy atom. The zero-order chi connectivity index (χ0) is 17.4. The van der Waals surface area contributed by atoms with Gasteiger partial charge in [-0.25, -0.2) is 0 Å². The molecule has 0 aromatic heterocycles. The Kier molecular flexibility index (Phi) is 6.21. The van der Waals surface area contributed by atoms with E-state index < -0.39 is 0 Å². The lowest BCUT2D eigenvalue weighted by Gasteiger charge is -2.18. The monoisotopic (exact) mass is 324 g/mol. The van der Waals surface area contributed by atoms with Crippen LogP contribution in [0.2, 0.25) is 0 Å². The zero-order valence-corrected chi connectivity index (χ0v) is 13.9. The molecule has 5 nitrogen and oxygen atoms in total. The van der Waals surface area contributed by atoms with Crippen molar-refractivity contribution in [1.29, 1.82) is 5.26 Å². The van der Waals surface area contributed by atoms with E-state index in [4.69, 9.17) is 14.7 Å². The van der Waals surface area contributed by atoms with Crippen LogP contribution in [-0.2, 0) is 4.79 Å². The fourth-order valence-electron chi connectivity index (χ4n) is 1.99. The summed E-state index contributed by atoms with van der Waals surface area (Å²) < 4.78 is 11.0. The van der Waals surface area contributed by atoms with Crippen LogP contribution in [0.5, 0.6) is 11.5 Å². The van der Waals surface area contributed by atoms with Crippen LogP contribution in [0.4, 0.5) is 0 Å². The van der Waals surface area contributed by atoms with Crippen LogP contribution >= 0.6 is 0 Å². The van der Waals surface area contributed by atoms with E-state index in [0.717, 1.165) is 5.75 Å². The van der Waals surface area contributed by atoms with E-state index in [1.165, 1.54) is 5.56 Å². The fraction of sp³-hybridized carbons (Fsp3) is 0.263. The predicted molar refractivity (Wildman–Crippen MR) is 91.0 cm³/mol. The van der Waals surface area contributed by atoms with Gasteiger partial charge in [-0.05, 0) is 31.2 Å². The molecule has 0 spiro atoms. The minimum absolute atomic E-state index is 0.111. The second-order valence-corrected chi connectivity index (χ2v) is 5.37. The van der Waals surface area contributed by atoms with Crippen molar-refractivity contribution in [3.05, 3.63) is 59.7 Å². The lowest BCUT2D eigenvalue weighted by Crippen LogP contribution is -2.34. The molecule has 5 heteroatoms. The van der Waals surface area contributed by atoms with Crippen molar-refractivity contribution in [3.8, 4) is 17.6 Å². The molecule has 0 fully saturated rings. The summed E-state index contributed by atoms with van der Waals surface area (Å²) in [5.74, 6) is 1.02. The number of ether oxygens (including phenoxy) is 2. The van der Waals surface area contributed by atoms with Gasteiger partial charge in [0.25, 0.3) is 5.91 Å². The summed E-state index contributed by atoms with van der Waals surface area (Å²) in [5, 5.41) is 8.99. The molecule has 0 radical (unpaired) electrons. The summed E-state index contributed by atoms with van der Waals surface area (Å²) >= 11 is 0. The molecule has 0 heterocycles. The van der Waals surface area contributed by atoms with Crippen molar-refractivity contribution >= 4 is 5.91 Å². The maximum atomic E-state index is 12.1. The van der Waals surface area contributed by atoms with Crippen LogP contribution in [0.15, 0.2) is 48.5 Å². The molecule has 1 amide bonds. The van der Waals surface area contributed by atoms with Gasteiger partial charge in [-0.1, -0.05) is 29.8 Å². The largest absolute Gasteiger partial charge is 0.492 e. The molecule has 2 aromatic rings. The molecular weight excluding hydrogens is 304 g/mol. The summed E-state index contributed by atoms with van der Waals surface area (Å²) in [6.45, 7) is 2.76. The number of carbonyl (C=O) groups excluding carboxylic acids is 1. The topological polar surface area (TPSA) is 62.6 Å². The Hall–Kier alpha value is -3.00. The lowest BCUT2D eigenvalue weighted by molar-refractivity contribution is -0.132. The Balaban J connectivity index is 1.76. The van der Waals surface area contributed by atoms with Crippen molar-refractivity contribution in [1.82, 2.24) is 4.90 Å². The molecule has 0 unspecified atom stereocenters. The summed E-state index contributed by atoms with van der Waals surface area (Å²) in [6, 6.07) is 16.6. The normalized spacial score (nSPS) is 9.88. The van der Waals surface area contributed by atoms with E-state index in [1.54, 1.807) is 36.2 Å². The van der Waals surface area contributed by atoms with Crippen LogP contribution in [-0.4, -0.2) is 37.6 Å². The number of amides is 1. The molecule has 124 valence electrons. The van der Waals surface area contributed by atoms with Gasteiger partial charge in [0.15, 0.2) is 6.61 Å². The van der Waals surface area contributed by atoms with E-state index in [1.807, 2.05) is 37.3 Å². The van der Waals surface area contributed by atoms with Crippen LogP contribution in [0.25, 0.3) is 0 Å². The third-order valence-electron chi connectivity index (χ3n) is 3.50. The number of benzene rings is 2. The molecule has 2 aromatic carbocycles. The second kappa shape index (κ2) is 8.59. The molecule has 0 saturated heterocycles.